The van der Waals surface area contributed by atoms with Gasteiger partial charge in [0.2, 0.25) is 0 Å². The van der Waals surface area contributed by atoms with E-state index < -0.39 is 0 Å². The molecular formula is C20H27ClN4O. The van der Waals surface area contributed by atoms with Crippen molar-refractivity contribution in [3.05, 3.63) is 52.4 Å². The highest BCUT2D eigenvalue weighted by Gasteiger charge is 2.13. The topological polar surface area (TPSA) is 58.1 Å². The Kier molecular flexibility index (Phi) is 7.85. The standard InChI is InChI=1S/C20H27ClN4O/c1-4-12-25(13-5-2)19-14-18(23-15(3)24-19)20(26)22-11-10-16-6-8-17(21)9-7-16/h6-9,14H,4-5,10-13H2,1-3H3,(H,22,26). The number of aromatic nitrogens is 2. The maximum absolute atomic E-state index is 12.5. The van der Waals surface area contributed by atoms with E-state index in [0.29, 0.717) is 23.1 Å². The van der Waals surface area contributed by atoms with Gasteiger partial charge < -0.3 is 10.2 Å². The van der Waals surface area contributed by atoms with Crippen LogP contribution in [0.4, 0.5) is 5.82 Å². The summed E-state index contributed by atoms with van der Waals surface area (Å²) in [4.78, 5) is 23.5. The van der Waals surface area contributed by atoms with Gasteiger partial charge in [-0.05, 0) is 43.9 Å². The summed E-state index contributed by atoms with van der Waals surface area (Å²) in [6, 6.07) is 9.43. The molecule has 1 aromatic heterocycles. The number of hydrogen-bond donors (Lipinski definition) is 1. The van der Waals surface area contributed by atoms with Crippen LogP contribution in [0.2, 0.25) is 5.02 Å². The van der Waals surface area contributed by atoms with E-state index in [1.54, 1.807) is 6.07 Å². The van der Waals surface area contributed by atoms with E-state index in [1.807, 2.05) is 31.2 Å². The van der Waals surface area contributed by atoms with Gasteiger partial charge in [0.15, 0.2) is 0 Å². The van der Waals surface area contributed by atoms with Crippen molar-refractivity contribution in [3.8, 4) is 0 Å². The first kappa shape index (κ1) is 20.2. The summed E-state index contributed by atoms with van der Waals surface area (Å²) in [6.45, 7) is 8.49. The zero-order valence-electron chi connectivity index (χ0n) is 15.8. The van der Waals surface area contributed by atoms with E-state index in [0.717, 1.165) is 43.7 Å². The highest BCUT2D eigenvalue weighted by atomic mass is 35.5. The number of aryl methyl sites for hydroxylation is 1. The molecule has 1 N–H and O–H groups in total. The number of carbonyl (C=O) groups is 1. The van der Waals surface area contributed by atoms with Gasteiger partial charge in [0, 0.05) is 30.7 Å². The zero-order valence-corrected chi connectivity index (χ0v) is 16.5. The molecule has 0 saturated carbocycles. The molecule has 0 spiro atoms. The summed E-state index contributed by atoms with van der Waals surface area (Å²) in [5.74, 6) is 1.27. The van der Waals surface area contributed by atoms with Crippen LogP contribution in [-0.4, -0.2) is 35.5 Å². The lowest BCUT2D eigenvalue weighted by Crippen LogP contribution is -2.29. The molecule has 0 unspecified atom stereocenters. The van der Waals surface area contributed by atoms with Crippen LogP contribution in [0.15, 0.2) is 30.3 Å². The molecule has 0 aliphatic rings. The first-order chi connectivity index (χ1) is 12.5. The second-order valence-electron chi connectivity index (χ2n) is 6.28. The van der Waals surface area contributed by atoms with Crippen LogP contribution in [0.1, 0.15) is 48.6 Å². The monoisotopic (exact) mass is 374 g/mol. The van der Waals surface area contributed by atoms with E-state index in [2.05, 4.69) is 34.0 Å². The molecule has 0 saturated heterocycles. The quantitative estimate of drug-likeness (QED) is 0.719. The molecule has 0 fully saturated rings. The molecule has 0 aliphatic heterocycles. The Morgan fingerprint density at radius 3 is 2.38 bits per heavy atom. The van der Waals surface area contributed by atoms with E-state index >= 15 is 0 Å². The van der Waals surface area contributed by atoms with Crippen molar-refractivity contribution < 1.29 is 4.79 Å². The lowest BCUT2D eigenvalue weighted by molar-refractivity contribution is 0.0948. The molecule has 6 heteroatoms. The average Bonchev–Trinajstić information content (AvgIpc) is 2.62. The van der Waals surface area contributed by atoms with Gasteiger partial charge >= 0.3 is 0 Å². The lowest BCUT2D eigenvalue weighted by Gasteiger charge is -2.23. The highest BCUT2D eigenvalue weighted by Crippen LogP contribution is 2.14. The molecule has 140 valence electrons. The third-order valence-electron chi connectivity index (χ3n) is 3.98. The van der Waals surface area contributed by atoms with Gasteiger partial charge in [-0.2, -0.15) is 0 Å². The molecule has 0 radical (unpaired) electrons. The first-order valence-electron chi connectivity index (χ1n) is 9.16. The molecule has 2 aromatic rings. The summed E-state index contributed by atoms with van der Waals surface area (Å²) >= 11 is 5.89. The van der Waals surface area contributed by atoms with Gasteiger partial charge in [0.05, 0.1) is 0 Å². The van der Waals surface area contributed by atoms with Crippen LogP contribution in [0.25, 0.3) is 0 Å². The first-order valence-corrected chi connectivity index (χ1v) is 9.54. The Morgan fingerprint density at radius 2 is 1.77 bits per heavy atom. The number of nitrogens with zero attached hydrogens (tertiary/aromatic N) is 3. The van der Waals surface area contributed by atoms with Crippen molar-refractivity contribution in [2.24, 2.45) is 0 Å². The molecule has 26 heavy (non-hydrogen) atoms. The number of halogens is 1. The Balaban J connectivity index is 2.02. The predicted octanol–water partition coefficient (Wildman–Crippen LogP) is 4.04. The van der Waals surface area contributed by atoms with Gasteiger partial charge in [0.25, 0.3) is 5.91 Å². The summed E-state index contributed by atoms with van der Waals surface area (Å²) in [7, 11) is 0. The average molecular weight is 375 g/mol. The Bertz CT molecular complexity index is 712. The fraction of sp³-hybridized carbons (Fsp3) is 0.450. The minimum Gasteiger partial charge on any atom is -0.357 e. The highest BCUT2D eigenvalue weighted by molar-refractivity contribution is 6.30. The van der Waals surface area contributed by atoms with Crippen LogP contribution in [0.5, 0.6) is 0 Å². The number of amides is 1. The Morgan fingerprint density at radius 1 is 1.12 bits per heavy atom. The van der Waals surface area contributed by atoms with Crippen molar-refractivity contribution in [3.63, 3.8) is 0 Å². The molecule has 0 bridgehead atoms. The largest absolute Gasteiger partial charge is 0.357 e. The molecule has 1 aromatic carbocycles. The van der Waals surface area contributed by atoms with Crippen LogP contribution in [-0.2, 0) is 6.42 Å². The summed E-state index contributed by atoms with van der Waals surface area (Å²) in [6.07, 6.45) is 2.81. The minimum atomic E-state index is -0.168. The van der Waals surface area contributed by atoms with Gasteiger partial charge in [-0.3, -0.25) is 4.79 Å². The van der Waals surface area contributed by atoms with E-state index in [9.17, 15) is 4.79 Å². The number of carbonyl (C=O) groups excluding carboxylic acids is 1. The number of nitrogens with one attached hydrogen (secondary N) is 1. The van der Waals surface area contributed by atoms with Gasteiger partial charge in [-0.1, -0.05) is 37.6 Å². The van der Waals surface area contributed by atoms with Crippen LogP contribution >= 0.6 is 11.6 Å². The summed E-state index contributed by atoms with van der Waals surface area (Å²) in [5.41, 5.74) is 1.55. The molecule has 1 amide bonds. The lowest BCUT2D eigenvalue weighted by atomic mass is 10.1. The second-order valence-corrected chi connectivity index (χ2v) is 6.71. The normalized spacial score (nSPS) is 10.6. The van der Waals surface area contributed by atoms with Crippen molar-refractivity contribution in [1.82, 2.24) is 15.3 Å². The minimum absolute atomic E-state index is 0.168. The fourth-order valence-electron chi connectivity index (χ4n) is 2.77. The fourth-order valence-corrected chi connectivity index (χ4v) is 2.90. The van der Waals surface area contributed by atoms with Crippen molar-refractivity contribution in [1.29, 1.82) is 0 Å². The third kappa shape index (κ3) is 5.99. The van der Waals surface area contributed by atoms with Crippen LogP contribution < -0.4 is 10.2 Å². The van der Waals surface area contributed by atoms with Gasteiger partial charge in [-0.25, -0.2) is 9.97 Å². The Hall–Kier alpha value is -2.14. The number of rotatable bonds is 9. The Labute approximate surface area is 160 Å². The zero-order chi connectivity index (χ0) is 18.9. The maximum atomic E-state index is 12.5. The molecule has 0 atom stereocenters. The number of benzene rings is 1. The number of hydrogen-bond acceptors (Lipinski definition) is 4. The summed E-state index contributed by atoms with van der Waals surface area (Å²) in [5, 5.41) is 3.65. The second kappa shape index (κ2) is 10.1. The maximum Gasteiger partial charge on any atom is 0.270 e. The van der Waals surface area contributed by atoms with Crippen LogP contribution in [0.3, 0.4) is 0 Å². The number of anilines is 1. The van der Waals surface area contributed by atoms with Crippen molar-refractivity contribution in [2.75, 3.05) is 24.5 Å². The molecular weight excluding hydrogens is 348 g/mol. The molecule has 0 aliphatic carbocycles. The van der Waals surface area contributed by atoms with Gasteiger partial charge in [0.1, 0.15) is 17.3 Å². The van der Waals surface area contributed by atoms with E-state index in [1.165, 1.54) is 0 Å². The third-order valence-corrected chi connectivity index (χ3v) is 4.23. The summed E-state index contributed by atoms with van der Waals surface area (Å²) < 4.78 is 0. The molecule has 5 nitrogen and oxygen atoms in total. The molecule has 1 heterocycles. The SMILES string of the molecule is CCCN(CCC)c1cc(C(=O)NCCc2ccc(Cl)cc2)nc(C)n1. The molecule has 2 rings (SSSR count). The van der Waals surface area contributed by atoms with Gasteiger partial charge in [-0.15, -0.1) is 0 Å². The smallest absolute Gasteiger partial charge is 0.270 e. The van der Waals surface area contributed by atoms with Crippen molar-refractivity contribution in [2.45, 2.75) is 40.0 Å². The van der Waals surface area contributed by atoms with Crippen LogP contribution in [0, 0.1) is 6.92 Å². The van der Waals surface area contributed by atoms with Crippen molar-refractivity contribution >= 4 is 23.3 Å². The van der Waals surface area contributed by atoms with E-state index in [-0.39, 0.29) is 5.91 Å². The predicted molar refractivity (Wildman–Crippen MR) is 107 cm³/mol. The van der Waals surface area contributed by atoms with E-state index in [4.69, 9.17) is 11.6 Å².